The first-order valence-corrected chi connectivity index (χ1v) is 44.7. The van der Waals surface area contributed by atoms with Crippen molar-refractivity contribution in [2.45, 2.75) is 229 Å². The Labute approximate surface area is 729 Å². The van der Waals surface area contributed by atoms with Gasteiger partial charge in [0, 0.05) is 75.0 Å². The molecule has 4 fully saturated rings. The van der Waals surface area contributed by atoms with Crippen LogP contribution >= 0.6 is 116 Å². The van der Waals surface area contributed by atoms with Crippen LogP contribution in [0.15, 0.2) is 109 Å². The maximum Gasteiger partial charge on any atom is 0.415 e. The molecule has 10 rings (SSSR count). The van der Waals surface area contributed by atoms with Crippen molar-refractivity contribution in [1.29, 1.82) is 0 Å². The highest BCUT2D eigenvalue weighted by molar-refractivity contribution is 7.19. The van der Waals surface area contributed by atoms with Crippen LogP contribution < -0.4 is 31.2 Å². The normalized spacial score (nSPS) is 15.9. The number of nitrogens with two attached hydrogens (primary N) is 1. The Morgan fingerprint density at radius 1 is 0.417 bits per heavy atom. The Balaban J connectivity index is 0.000000302. The van der Waals surface area contributed by atoms with Crippen molar-refractivity contribution in [3.05, 3.63) is 146 Å². The lowest BCUT2D eigenvalue weighted by Crippen LogP contribution is -2.48. The van der Waals surface area contributed by atoms with Gasteiger partial charge in [0.2, 0.25) is 0 Å². The van der Waals surface area contributed by atoms with Crippen LogP contribution in [0.2, 0.25) is 17.3 Å². The van der Waals surface area contributed by atoms with E-state index in [1.54, 1.807) is 82.6 Å². The molecule has 2 aromatic carbocycles. The van der Waals surface area contributed by atoms with Gasteiger partial charge in [-0.1, -0.05) is 157 Å². The van der Waals surface area contributed by atoms with E-state index < -0.39 is 22.6 Å². The van der Waals surface area contributed by atoms with Crippen LogP contribution in [0.3, 0.4) is 0 Å². The molecule has 0 bridgehead atoms. The fourth-order valence-corrected chi connectivity index (χ4v) is 17.5. The number of hydrogen-bond donors (Lipinski definition) is 5. The second-order valence-electron chi connectivity index (χ2n) is 32.8. The molecule has 4 atom stereocenters. The molecule has 6 aromatic rings. The van der Waals surface area contributed by atoms with Gasteiger partial charge in [0.1, 0.15) is 27.6 Å². The number of thiophene rings is 4. The molecular formula is C85H121Cl6N7O13S4. The number of piperidine rings is 3. The van der Waals surface area contributed by atoms with E-state index in [-0.39, 0.29) is 71.4 Å². The Morgan fingerprint density at radius 3 is 0.974 bits per heavy atom. The summed E-state index contributed by atoms with van der Waals surface area (Å²) in [6, 6.07) is 32.2. The summed E-state index contributed by atoms with van der Waals surface area (Å²) < 4.78 is 23.3. The predicted octanol–water partition coefficient (Wildman–Crippen LogP) is 23.7. The second kappa shape index (κ2) is 51.5. The number of carbonyl (C=O) groups excluding carboxylic acids is 7. The Morgan fingerprint density at radius 2 is 0.704 bits per heavy atom. The number of benzene rings is 2. The van der Waals surface area contributed by atoms with E-state index in [0.29, 0.717) is 118 Å². The minimum atomic E-state index is -0.924. The average molecular weight is 1790 g/mol. The van der Waals surface area contributed by atoms with Crippen LogP contribution in [0.25, 0.3) is 0 Å². The third kappa shape index (κ3) is 40.1. The van der Waals surface area contributed by atoms with Crippen LogP contribution in [-0.4, -0.2) is 142 Å². The van der Waals surface area contributed by atoms with Crippen molar-refractivity contribution < 1.29 is 62.4 Å². The molecule has 3 aliphatic heterocycles. The predicted molar refractivity (Wildman–Crippen MR) is 474 cm³/mol. The van der Waals surface area contributed by atoms with Crippen LogP contribution in [-0.2, 0) is 9.47 Å². The quantitative estimate of drug-likeness (QED) is 0.0420. The number of nitrogens with zero attached hydrogens (tertiary/aromatic N) is 3. The van der Waals surface area contributed by atoms with Gasteiger partial charge < -0.3 is 60.4 Å². The summed E-state index contributed by atoms with van der Waals surface area (Å²) in [7, 11) is 0. The monoisotopic (exact) mass is 1790 g/mol. The number of halogens is 6. The molecule has 1 saturated carbocycles. The molecule has 1 aliphatic carbocycles. The molecular weight excluding hydrogens is 1670 g/mol. The zero-order valence-corrected chi connectivity index (χ0v) is 76.7. The first-order valence-electron chi connectivity index (χ1n) is 39.5. The van der Waals surface area contributed by atoms with Crippen LogP contribution in [0.5, 0.6) is 11.5 Å². The number of carbonyl (C=O) groups is 8. The number of ether oxygens (including phenoxy) is 4. The van der Waals surface area contributed by atoms with Gasteiger partial charge in [-0.05, 0) is 239 Å². The van der Waals surface area contributed by atoms with Crippen molar-refractivity contribution in [2.24, 2.45) is 53.1 Å². The third-order valence-corrected chi connectivity index (χ3v) is 24.1. The lowest BCUT2D eigenvalue weighted by Gasteiger charge is -2.37. The molecule has 4 aromatic heterocycles. The minimum absolute atomic E-state index is 0. The van der Waals surface area contributed by atoms with E-state index in [2.05, 4.69) is 76.1 Å². The largest absolute Gasteiger partial charge is 0.477 e. The van der Waals surface area contributed by atoms with Crippen molar-refractivity contribution in [1.82, 2.24) is 30.7 Å². The molecule has 115 heavy (non-hydrogen) atoms. The van der Waals surface area contributed by atoms with Gasteiger partial charge in [0.15, 0.2) is 0 Å². The highest BCUT2D eigenvalue weighted by Crippen LogP contribution is 2.34. The SMILES string of the molecule is CC(C)C[C@@H](N)C1CCN(C(=O)OC(C)(C)C)CC1.CC(C)C[C@@H](NC(=O)c1ccc(Cl)s1)C1CCCCC1.CC(C)C[C@@H](NC(=O)c1ccc(Cl)s1)C1CCN(C(=O)OC(C)(C)C)CC1.CC(C)C[C@@H](NC(=O)c1ccc(Cl)s1)C1CCN(C(=O)Oc2ccccc2)CC1.Cl.O=C(Cl)Oc1ccccc1.O=C(O)c1ccc(Cl)s1. The van der Waals surface area contributed by atoms with Gasteiger partial charge in [0.05, 0.1) is 32.0 Å². The maximum atomic E-state index is 12.6. The zero-order valence-electron chi connectivity index (χ0n) is 68.9. The summed E-state index contributed by atoms with van der Waals surface area (Å²) in [5, 5.41) is 18.0. The molecule has 640 valence electrons. The Kier molecular flexibility index (Phi) is 45.5. The molecule has 6 N–H and O–H groups in total. The summed E-state index contributed by atoms with van der Waals surface area (Å²) in [4.78, 5) is 102. The minimum Gasteiger partial charge on any atom is -0.477 e. The molecule has 0 radical (unpaired) electrons. The third-order valence-electron chi connectivity index (χ3n) is 19.1. The number of carboxylic acids is 1. The van der Waals surface area contributed by atoms with Crippen molar-refractivity contribution in [3.63, 3.8) is 0 Å². The number of para-hydroxylation sites is 2. The average Bonchev–Trinajstić information content (AvgIpc) is 1.86. The van der Waals surface area contributed by atoms with E-state index in [4.69, 9.17) is 83.1 Å². The Bertz CT molecular complexity index is 3880. The number of nitrogens with one attached hydrogen (secondary N) is 3. The van der Waals surface area contributed by atoms with Gasteiger partial charge in [0.25, 0.3) is 17.7 Å². The summed E-state index contributed by atoms with van der Waals surface area (Å²) in [6.45, 7) is 33.0. The highest BCUT2D eigenvalue weighted by Gasteiger charge is 2.35. The molecule has 4 aliphatic rings. The van der Waals surface area contributed by atoms with E-state index in [1.165, 1.54) is 72.2 Å². The van der Waals surface area contributed by atoms with Gasteiger partial charge in [-0.25, -0.2) is 24.0 Å². The van der Waals surface area contributed by atoms with Crippen LogP contribution in [0, 0.1) is 47.3 Å². The van der Waals surface area contributed by atoms with E-state index >= 15 is 0 Å². The molecule has 0 spiro atoms. The second-order valence-corrected chi connectivity index (χ2v) is 40.0. The zero-order chi connectivity index (χ0) is 84.4. The molecule has 3 saturated heterocycles. The smallest absolute Gasteiger partial charge is 0.415 e. The number of carboxylic acid groups (broad SMARTS) is 1. The van der Waals surface area contributed by atoms with Crippen molar-refractivity contribution in [2.75, 3.05) is 39.3 Å². The fraction of sp³-hybridized carbons (Fsp3) is 0.576. The number of rotatable bonds is 21. The molecule has 30 heteroatoms. The van der Waals surface area contributed by atoms with Gasteiger partial charge >= 0.3 is 29.7 Å². The highest BCUT2D eigenvalue weighted by atomic mass is 35.5. The number of amides is 6. The van der Waals surface area contributed by atoms with Gasteiger partial charge in [-0.2, -0.15) is 0 Å². The van der Waals surface area contributed by atoms with Crippen LogP contribution in [0.1, 0.15) is 232 Å². The van der Waals surface area contributed by atoms with E-state index in [0.717, 1.165) is 93.5 Å². The number of aromatic carboxylic acids is 1. The van der Waals surface area contributed by atoms with E-state index in [1.807, 2.05) is 76.8 Å². The summed E-state index contributed by atoms with van der Waals surface area (Å²) in [6.07, 6.45) is 15.1. The van der Waals surface area contributed by atoms with Crippen LogP contribution in [0.4, 0.5) is 19.2 Å². The van der Waals surface area contributed by atoms with Gasteiger partial charge in [-0.15, -0.1) is 57.8 Å². The summed E-state index contributed by atoms with van der Waals surface area (Å²) in [5.41, 5.74) is 4.53. The standard InChI is InChI=1S/C22H27ClN2O3S.C20H31ClN2O3S.C16H24ClNOS.C15H30N2O2.C7H5ClO2.C5H3ClO2S.ClH/c1-15(2)14-18(24-21(26)19-8-9-20(23)29-19)16-10-12-25(13-11-16)22(27)28-17-6-4-3-5-7-17;1-13(2)12-15(22-18(24)16-6-7-17(21)27-16)14-8-10-23(11-9-14)19(25)26-20(3,4)5;1-11(2)10-13(12-6-4-3-5-7-12)18-16(19)14-8-9-15(17)20-14;1-11(2)10-13(16)12-6-8-17(9-7-12)14(18)19-15(3,4)5;8-7(9)10-6-4-2-1-3-5-6;6-4-2-1-3(9-4)5(7)8;/h3-9,15-16,18H,10-14H2,1-2H3,(H,24,26);6-7,13-15H,8-12H2,1-5H3,(H,22,24);8-9,11-13H,3-7,10H2,1-2H3,(H,18,19);11-13H,6-10,16H2,1-5H3;1-5H;1-2H,(H,7,8);1H/t18-;15-;2*13-;;;/m1111.../s1. The van der Waals surface area contributed by atoms with E-state index in [9.17, 15) is 38.4 Å². The van der Waals surface area contributed by atoms with Crippen molar-refractivity contribution >= 4 is 163 Å². The lowest BCUT2D eigenvalue weighted by atomic mass is 9.81. The molecule has 0 unspecified atom stereocenters. The lowest BCUT2D eigenvalue weighted by molar-refractivity contribution is 0.0158. The Hall–Kier alpha value is -5.90. The number of likely N-dealkylation sites (tertiary alicyclic amines) is 3. The van der Waals surface area contributed by atoms with Crippen molar-refractivity contribution in [3.8, 4) is 11.5 Å². The molecule has 6 amide bonds. The summed E-state index contributed by atoms with van der Waals surface area (Å²) in [5.74, 6) is 4.05. The fourth-order valence-electron chi connectivity index (χ4n) is 13.7. The first-order chi connectivity index (χ1) is 53.7. The topological polar surface area (TPSA) is 266 Å². The molecule has 20 nitrogen and oxygen atoms in total. The molecule has 7 heterocycles. The maximum absolute atomic E-state index is 12.6. The number of hydrogen-bond acceptors (Lipinski definition) is 17. The summed E-state index contributed by atoms with van der Waals surface area (Å²) >= 11 is 33.3. The van der Waals surface area contributed by atoms with Gasteiger partial charge in [-0.3, -0.25) is 14.4 Å². The first kappa shape index (κ1) is 101.